The fourth-order valence-electron chi connectivity index (χ4n) is 2.70. The van der Waals surface area contributed by atoms with Crippen molar-refractivity contribution in [1.82, 2.24) is 4.90 Å². The molecule has 0 aromatic heterocycles. The summed E-state index contributed by atoms with van der Waals surface area (Å²) in [5.74, 6) is 1.05. The smallest absolute Gasteiger partial charge is 0.222 e. The number of aryl methyl sites for hydroxylation is 1. The zero-order valence-corrected chi connectivity index (χ0v) is 12.9. The van der Waals surface area contributed by atoms with Crippen molar-refractivity contribution in [2.45, 2.75) is 32.1 Å². The lowest BCUT2D eigenvalue weighted by atomic mass is 10.1. The second-order valence-electron chi connectivity index (χ2n) is 5.31. The van der Waals surface area contributed by atoms with E-state index in [0.717, 1.165) is 31.3 Å². The number of rotatable bonds is 6. The van der Waals surface area contributed by atoms with Gasteiger partial charge in [0.1, 0.15) is 0 Å². The Balaban J connectivity index is 1.68. The molecule has 2 rings (SSSR count). The number of amides is 1. The van der Waals surface area contributed by atoms with E-state index in [-0.39, 0.29) is 0 Å². The van der Waals surface area contributed by atoms with Crippen LogP contribution in [0.25, 0.3) is 0 Å². The molecule has 0 bridgehead atoms. The topological polar surface area (TPSA) is 20.3 Å². The lowest BCUT2D eigenvalue weighted by Crippen LogP contribution is -2.28. The van der Waals surface area contributed by atoms with Gasteiger partial charge in [-0.1, -0.05) is 46.3 Å². The third kappa shape index (κ3) is 4.64. The average molecular weight is 324 g/mol. The quantitative estimate of drug-likeness (QED) is 0.732. The highest BCUT2D eigenvalue weighted by Gasteiger charge is 2.24. The van der Waals surface area contributed by atoms with Crippen molar-refractivity contribution in [3.63, 3.8) is 0 Å². The molecule has 1 aromatic carbocycles. The molecule has 1 aliphatic rings. The summed E-state index contributed by atoms with van der Waals surface area (Å²) in [6.45, 7) is 1.93. The molecule has 0 saturated carbocycles. The Kier molecular flexibility index (Phi) is 5.90. The highest BCUT2D eigenvalue weighted by atomic mass is 79.9. The molecule has 1 heterocycles. The lowest BCUT2D eigenvalue weighted by Gasteiger charge is -2.16. The van der Waals surface area contributed by atoms with Gasteiger partial charge in [-0.15, -0.1) is 0 Å². The molecule has 0 aliphatic carbocycles. The van der Waals surface area contributed by atoms with Gasteiger partial charge in [-0.2, -0.15) is 0 Å². The SMILES string of the molecule is O=C(CCCc1ccccc1)N1CCC(CCBr)C1. The highest BCUT2D eigenvalue weighted by Crippen LogP contribution is 2.21. The van der Waals surface area contributed by atoms with Gasteiger partial charge in [0.25, 0.3) is 0 Å². The van der Waals surface area contributed by atoms with E-state index in [2.05, 4.69) is 45.1 Å². The van der Waals surface area contributed by atoms with Crippen LogP contribution in [0.3, 0.4) is 0 Å². The summed E-state index contributed by atoms with van der Waals surface area (Å²) in [6.07, 6.45) is 5.02. The van der Waals surface area contributed by atoms with Crippen LogP contribution in [0.2, 0.25) is 0 Å². The van der Waals surface area contributed by atoms with Gasteiger partial charge in [0.2, 0.25) is 5.91 Å². The first kappa shape index (κ1) is 14.6. The van der Waals surface area contributed by atoms with Gasteiger partial charge in [0.15, 0.2) is 0 Å². The average Bonchev–Trinajstić information content (AvgIpc) is 2.89. The number of likely N-dealkylation sites (tertiary alicyclic amines) is 1. The maximum absolute atomic E-state index is 12.1. The van der Waals surface area contributed by atoms with Gasteiger partial charge in [0.05, 0.1) is 0 Å². The van der Waals surface area contributed by atoms with Crippen LogP contribution in [0.1, 0.15) is 31.2 Å². The molecule has 19 heavy (non-hydrogen) atoms. The Bertz CT molecular complexity index is 393. The third-order valence-electron chi connectivity index (χ3n) is 3.85. The standard InChI is InChI=1S/C16H22BrNO/c17-11-9-15-10-12-18(13-15)16(19)8-4-7-14-5-2-1-3-6-14/h1-3,5-6,15H,4,7-13H2. The minimum absolute atomic E-state index is 0.341. The molecule has 1 aliphatic heterocycles. The van der Waals surface area contributed by atoms with Crippen LogP contribution < -0.4 is 0 Å². The minimum Gasteiger partial charge on any atom is -0.342 e. The molecule has 0 N–H and O–H groups in total. The number of alkyl halides is 1. The molecule has 1 amide bonds. The molecule has 0 radical (unpaired) electrons. The van der Waals surface area contributed by atoms with Crippen molar-refractivity contribution in [3.8, 4) is 0 Å². The number of hydrogen-bond donors (Lipinski definition) is 0. The molecule has 0 spiro atoms. The Morgan fingerprint density at radius 2 is 2.11 bits per heavy atom. The number of nitrogens with zero attached hydrogens (tertiary/aromatic N) is 1. The van der Waals surface area contributed by atoms with Gasteiger partial charge in [-0.25, -0.2) is 0 Å². The first-order chi connectivity index (χ1) is 9.29. The van der Waals surface area contributed by atoms with E-state index in [4.69, 9.17) is 0 Å². The van der Waals surface area contributed by atoms with E-state index in [1.54, 1.807) is 0 Å². The number of carbonyl (C=O) groups is 1. The first-order valence-electron chi connectivity index (χ1n) is 7.17. The van der Waals surface area contributed by atoms with E-state index in [1.165, 1.54) is 18.4 Å². The molecular formula is C16H22BrNO. The monoisotopic (exact) mass is 323 g/mol. The van der Waals surface area contributed by atoms with E-state index >= 15 is 0 Å². The summed E-state index contributed by atoms with van der Waals surface area (Å²) >= 11 is 3.48. The summed E-state index contributed by atoms with van der Waals surface area (Å²) in [5, 5.41) is 1.05. The Morgan fingerprint density at radius 1 is 1.32 bits per heavy atom. The van der Waals surface area contributed by atoms with Crippen molar-refractivity contribution in [3.05, 3.63) is 35.9 Å². The Labute approximate surface area is 124 Å². The van der Waals surface area contributed by atoms with Crippen molar-refractivity contribution in [1.29, 1.82) is 0 Å². The molecular weight excluding hydrogens is 302 g/mol. The van der Waals surface area contributed by atoms with Crippen LogP contribution in [0.5, 0.6) is 0 Å². The minimum atomic E-state index is 0.341. The van der Waals surface area contributed by atoms with Crippen molar-refractivity contribution < 1.29 is 4.79 Å². The molecule has 104 valence electrons. The normalized spacial score (nSPS) is 18.8. The third-order valence-corrected chi connectivity index (χ3v) is 4.31. The number of hydrogen-bond acceptors (Lipinski definition) is 1. The first-order valence-corrected chi connectivity index (χ1v) is 8.29. The fourth-order valence-corrected chi connectivity index (χ4v) is 3.34. The number of halogens is 1. The van der Waals surface area contributed by atoms with Gasteiger partial charge < -0.3 is 4.90 Å². The van der Waals surface area contributed by atoms with Crippen molar-refractivity contribution in [2.24, 2.45) is 5.92 Å². The zero-order valence-electron chi connectivity index (χ0n) is 11.4. The predicted octanol–water partition coefficient (Wildman–Crippen LogP) is 3.64. The highest BCUT2D eigenvalue weighted by molar-refractivity contribution is 9.09. The Morgan fingerprint density at radius 3 is 2.84 bits per heavy atom. The lowest BCUT2D eigenvalue weighted by molar-refractivity contribution is -0.130. The number of carbonyl (C=O) groups excluding carboxylic acids is 1. The van der Waals surface area contributed by atoms with Crippen LogP contribution in [-0.4, -0.2) is 29.2 Å². The van der Waals surface area contributed by atoms with E-state index in [9.17, 15) is 4.79 Å². The van der Waals surface area contributed by atoms with E-state index < -0.39 is 0 Å². The van der Waals surface area contributed by atoms with Crippen LogP contribution in [-0.2, 0) is 11.2 Å². The predicted molar refractivity (Wildman–Crippen MR) is 82.5 cm³/mol. The van der Waals surface area contributed by atoms with Crippen LogP contribution in [0, 0.1) is 5.92 Å². The summed E-state index contributed by atoms with van der Waals surface area (Å²) in [6, 6.07) is 10.4. The maximum Gasteiger partial charge on any atom is 0.222 e. The van der Waals surface area contributed by atoms with Crippen molar-refractivity contribution in [2.75, 3.05) is 18.4 Å². The molecule has 1 fully saturated rings. The summed E-state index contributed by atoms with van der Waals surface area (Å²) in [4.78, 5) is 14.2. The van der Waals surface area contributed by atoms with Gasteiger partial charge >= 0.3 is 0 Å². The van der Waals surface area contributed by atoms with E-state index in [1.807, 2.05) is 6.07 Å². The largest absolute Gasteiger partial charge is 0.342 e. The van der Waals surface area contributed by atoms with Crippen LogP contribution >= 0.6 is 15.9 Å². The molecule has 3 heteroatoms. The molecule has 1 atom stereocenters. The van der Waals surface area contributed by atoms with Gasteiger partial charge in [-0.3, -0.25) is 4.79 Å². The zero-order chi connectivity index (χ0) is 13.5. The molecule has 1 unspecified atom stereocenters. The molecule has 1 aromatic rings. The second kappa shape index (κ2) is 7.68. The maximum atomic E-state index is 12.1. The molecule has 2 nitrogen and oxygen atoms in total. The van der Waals surface area contributed by atoms with Crippen LogP contribution in [0.4, 0.5) is 0 Å². The Hall–Kier alpha value is -0.830. The summed E-state index contributed by atoms with van der Waals surface area (Å²) in [5.41, 5.74) is 1.33. The second-order valence-corrected chi connectivity index (χ2v) is 6.10. The van der Waals surface area contributed by atoms with Crippen molar-refractivity contribution >= 4 is 21.8 Å². The number of benzene rings is 1. The van der Waals surface area contributed by atoms with Crippen LogP contribution in [0.15, 0.2) is 30.3 Å². The van der Waals surface area contributed by atoms with Gasteiger partial charge in [-0.05, 0) is 37.2 Å². The summed E-state index contributed by atoms with van der Waals surface area (Å²) < 4.78 is 0. The summed E-state index contributed by atoms with van der Waals surface area (Å²) in [7, 11) is 0. The molecule has 1 saturated heterocycles. The van der Waals surface area contributed by atoms with E-state index in [0.29, 0.717) is 18.2 Å². The van der Waals surface area contributed by atoms with Gasteiger partial charge in [0, 0.05) is 24.8 Å². The fraction of sp³-hybridized carbons (Fsp3) is 0.562.